The first-order valence-corrected chi connectivity index (χ1v) is 8.71. The quantitative estimate of drug-likeness (QED) is 0.284. The first-order valence-electron chi connectivity index (χ1n) is 6.81. The maximum Gasteiger partial charge on any atom is 0.293 e. The molecule has 0 spiro atoms. The highest BCUT2D eigenvalue weighted by Gasteiger charge is 2.34. The van der Waals surface area contributed by atoms with Crippen LogP contribution in [0.25, 0.3) is 6.08 Å². The van der Waals surface area contributed by atoms with Crippen LogP contribution < -0.4 is 9.47 Å². The van der Waals surface area contributed by atoms with E-state index in [-0.39, 0.29) is 24.3 Å². The standard InChI is InChI=1S/C17H14INO4S/c1-4-6-19-16(20)14(24-17(19)21)10-11-8-12(18)15(23-7-5-2)13(9-11)22-3/h2,4,8-10H,1,6-7H2,3H3/b14-10+. The zero-order valence-corrected chi connectivity index (χ0v) is 15.8. The molecule has 0 radical (unpaired) electrons. The molecule has 7 heteroatoms. The number of methoxy groups -OCH3 is 1. The van der Waals surface area contributed by atoms with Gasteiger partial charge < -0.3 is 9.47 Å². The first-order chi connectivity index (χ1) is 11.5. The fourth-order valence-electron chi connectivity index (χ4n) is 2.01. The van der Waals surface area contributed by atoms with Gasteiger partial charge in [0.15, 0.2) is 11.5 Å². The number of rotatable bonds is 6. The molecule has 1 heterocycles. The molecule has 1 aliphatic rings. The van der Waals surface area contributed by atoms with Crippen LogP contribution in [0.15, 0.2) is 29.7 Å². The number of carbonyl (C=O) groups is 2. The minimum atomic E-state index is -0.327. The number of benzene rings is 1. The molecule has 0 aromatic heterocycles. The van der Waals surface area contributed by atoms with Gasteiger partial charge in [0, 0.05) is 6.54 Å². The van der Waals surface area contributed by atoms with Gasteiger partial charge in [-0.3, -0.25) is 14.5 Å². The van der Waals surface area contributed by atoms with Gasteiger partial charge in [0.05, 0.1) is 15.6 Å². The van der Waals surface area contributed by atoms with Gasteiger partial charge >= 0.3 is 0 Å². The third kappa shape index (κ3) is 3.94. The van der Waals surface area contributed by atoms with E-state index in [4.69, 9.17) is 15.9 Å². The number of hydrogen-bond donors (Lipinski definition) is 0. The van der Waals surface area contributed by atoms with Crippen LogP contribution in [0, 0.1) is 15.9 Å². The number of nitrogens with zero attached hydrogens (tertiary/aromatic N) is 1. The summed E-state index contributed by atoms with van der Waals surface area (Å²) in [6, 6.07) is 3.56. The van der Waals surface area contributed by atoms with Crippen LogP contribution in [0.2, 0.25) is 0 Å². The number of terminal acetylenes is 1. The van der Waals surface area contributed by atoms with E-state index in [0.717, 1.165) is 25.8 Å². The second-order valence-electron chi connectivity index (χ2n) is 4.61. The lowest BCUT2D eigenvalue weighted by molar-refractivity contribution is -0.122. The summed E-state index contributed by atoms with van der Waals surface area (Å²) in [6.45, 7) is 3.88. The van der Waals surface area contributed by atoms with Gasteiger partial charge in [-0.1, -0.05) is 12.0 Å². The first kappa shape index (κ1) is 18.4. The third-order valence-electron chi connectivity index (χ3n) is 3.03. The van der Waals surface area contributed by atoms with E-state index in [2.05, 4.69) is 35.1 Å². The summed E-state index contributed by atoms with van der Waals surface area (Å²) in [5, 5.41) is -0.304. The molecule has 2 rings (SSSR count). The summed E-state index contributed by atoms with van der Waals surface area (Å²) in [5.74, 6) is 3.13. The summed E-state index contributed by atoms with van der Waals surface area (Å²) >= 11 is 3.01. The third-order valence-corrected chi connectivity index (χ3v) is 4.74. The average Bonchev–Trinajstić information content (AvgIpc) is 2.81. The minimum absolute atomic E-state index is 0.131. The largest absolute Gasteiger partial charge is 0.493 e. The maximum absolute atomic E-state index is 12.2. The SMILES string of the molecule is C#CCOc1c(I)cc(/C=C2/SC(=O)N(CC=C)C2=O)cc1OC. The van der Waals surface area contributed by atoms with Gasteiger partial charge in [-0.05, 0) is 58.1 Å². The van der Waals surface area contributed by atoms with Crippen molar-refractivity contribution in [2.45, 2.75) is 0 Å². The molecule has 1 saturated heterocycles. The van der Waals surface area contributed by atoms with Crippen molar-refractivity contribution in [2.24, 2.45) is 0 Å². The highest BCUT2D eigenvalue weighted by Crippen LogP contribution is 2.37. The van der Waals surface area contributed by atoms with Crippen molar-refractivity contribution in [1.82, 2.24) is 4.90 Å². The molecular formula is C17H14INO4S. The van der Waals surface area contributed by atoms with E-state index in [1.807, 2.05) is 6.07 Å². The Balaban J connectivity index is 2.35. The normalized spacial score (nSPS) is 15.5. The Kier molecular flexibility index (Phi) is 6.34. The van der Waals surface area contributed by atoms with Gasteiger partial charge in [0.2, 0.25) is 0 Å². The lowest BCUT2D eigenvalue weighted by Crippen LogP contribution is -2.27. The second kappa shape index (κ2) is 8.26. The number of ether oxygens (including phenoxy) is 2. The van der Waals surface area contributed by atoms with E-state index in [0.29, 0.717) is 16.4 Å². The van der Waals surface area contributed by atoms with Gasteiger partial charge in [0.25, 0.3) is 11.1 Å². The molecule has 1 fully saturated rings. The fraction of sp³-hybridized carbons (Fsp3) is 0.176. The monoisotopic (exact) mass is 455 g/mol. The lowest BCUT2D eigenvalue weighted by Gasteiger charge is -2.12. The molecule has 0 saturated carbocycles. The predicted octanol–water partition coefficient (Wildman–Crippen LogP) is 3.53. The summed E-state index contributed by atoms with van der Waals surface area (Å²) < 4.78 is 11.6. The predicted molar refractivity (Wildman–Crippen MR) is 103 cm³/mol. The van der Waals surface area contributed by atoms with Gasteiger partial charge in [-0.25, -0.2) is 0 Å². The summed E-state index contributed by atoms with van der Waals surface area (Å²) in [7, 11) is 1.52. The summed E-state index contributed by atoms with van der Waals surface area (Å²) in [6.07, 6.45) is 8.38. The highest BCUT2D eigenvalue weighted by molar-refractivity contribution is 14.1. The molecule has 124 valence electrons. The second-order valence-corrected chi connectivity index (χ2v) is 6.76. The van der Waals surface area contributed by atoms with Crippen molar-refractivity contribution < 1.29 is 19.1 Å². The Labute approximate surface area is 158 Å². The highest BCUT2D eigenvalue weighted by atomic mass is 127. The number of carbonyl (C=O) groups excluding carboxylic acids is 2. The molecule has 0 atom stereocenters. The van der Waals surface area contributed by atoms with Crippen molar-refractivity contribution in [3.63, 3.8) is 0 Å². The molecular weight excluding hydrogens is 441 g/mol. The number of hydrogen-bond acceptors (Lipinski definition) is 5. The Morgan fingerprint density at radius 2 is 2.21 bits per heavy atom. The topological polar surface area (TPSA) is 55.8 Å². The Morgan fingerprint density at radius 1 is 1.46 bits per heavy atom. The number of halogens is 1. The molecule has 0 bridgehead atoms. The van der Waals surface area contributed by atoms with E-state index in [1.54, 1.807) is 12.1 Å². The van der Waals surface area contributed by atoms with Crippen LogP contribution in [0.4, 0.5) is 4.79 Å². The van der Waals surface area contributed by atoms with E-state index in [1.165, 1.54) is 13.2 Å². The van der Waals surface area contributed by atoms with E-state index >= 15 is 0 Å². The van der Waals surface area contributed by atoms with Crippen LogP contribution in [0.3, 0.4) is 0 Å². The Morgan fingerprint density at radius 3 is 2.83 bits per heavy atom. The smallest absolute Gasteiger partial charge is 0.293 e. The van der Waals surface area contributed by atoms with Gasteiger partial charge in [-0.15, -0.1) is 13.0 Å². The van der Waals surface area contributed by atoms with Crippen LogP contribution in [-0.4, -0.2) is 36.3 Å². The van der Waals surface area contributed by atoms with Crippen molar-refractivity contribution >= 4 is 51.6 Å². The van der Waals surface area contributed by atoms with Gasteiger partial charge in [-0.2, -0.15) is 0 Å². The van der Waals surface area contributed by atoms with E-state index < -0.39 is 0 Å². The zero-order chi connectivity index (χ0) is 17.7. The van der Waals surface area contributed by atoms with Crippen molar-refractivity contribution in [3.05, 3.63) is 38.8 Å². The average molecular weight is 455 g/mol. The summed E-state index contributed by atoms with van der Waals surface area (Å²) in [4.78, 5) is 25.6. The minimum Gasteiger partial charge on any atom is -0.493 e. The molecule has 5 nitrogen and oxygen atoms in total. The molecule has 0 N–H and O–H groups in total. The van der Waals surface area contributed by atoms with Crippen LogP contribution in [0.1, 0.15) is 5.56 Å². The van der Waals surface area contributed by atoms with E-state index in [9.17, 15) is 9.59 Å². The Hall–Kier alpha value is -1.92. The van der Waals surface area contributed by atoms with Crippen LogP contribution >= 0.6 is 34.4 Å². The molecule has 2 amide bonds. The number of imide groups is 1. The fourth-order valence-corrected chi connectivity index (χ4v) is 3.64. The Bertz CT molecular complexity index is 767. The summed E-state index contributed by atoms with van der Waals surface area (Å²) in [5.41, 5.74) is 0.730. The molecule has 1 aromatic carbocycles. The van der Waals surface area contributed by atoms with Crippen molar-refractivity contribution in [2.75, 3.05) is 20.3 Å². The molecule has 0 unspecified atom stereocenters. The molecule has 1 aliphatic heterocycles. The van der Waals surface area contributed by atoms with Crippen LogP contribution in [0.5, 0.6) is 11.5 Å². The maximum atomic E-state index is 12.2. The van der Waals surface area contributed by atoms with Crippen LogP contribution in [-0.2, 0) is 4.79 Å². The zero-order valence-electron chi connectivity index (χ0n) is 12.9. The lowest BCUT2D eigenvalue weighted by atomic mass is 10.2. The molecule has 24 heavy (non-hydrogen) atoms. The van der Waals surface area contributed by atoms with Crippen molar-refractivity contribution in [3.8, 4) is 23.8 Å². The van der Waals surface area contributed by atoms with Crippen molar-refractivity contribution in [1.29, 1.82) is 0 Å². The molecule has 0 aliphatic carbocycles. The number of amides is 2. The number of thioether (sulfide) groups is 1. The molecule has 1 aromatic rings. The van der Waals surface area contributed by atoms with Gasteiger partial charge in [0.1, 0.15) is 6.61 Å².